The molecule has 2 amide bonds. The zero-order valence-corrected chi connectivity index (χ0v) is 10.4. The van der Waals surface area contributed by atoms with E-state index >= 15 is 0 Å². The Morgan fingerprint density at radius 2 is 2.29 bits per heavy atom. The predicted molar refractivity (Wildman–Crippen MR) is 64.4 cm³/mol. The van der Waals surface area contributed by atoms with Crippen molar-refractivity contribution in [3.63, 3.8) is 0 Å². The second kappa shape index (κ2) is 7.06. The van der Waals surface area contributed by atoms with E-state index in [0.29, 0.717) is 19.7 Å². The molecule has 0 aliphatic carbocycles. The summed E-state index contributed by atoms with van der Waals surface area (Å²) < 4.78 is 5.26. The summed E-state index contributed by atoms with van der Waals surface area (Å²) in [6.45, 7) is 5.62. The second-order valence-electron chi connectivity index (χ2n) is 3.91. The fourth-order valence-corrected chi connectivity index (χ4v) is 1.69. The van der Waals surface area contributed by atoms with Crippen molar-refractivity contribution in [3.05, 3.63) is 12.2 Å². The topological polar surface area (TPSA) is 58.6 Å². The van der Waals surface area contributed by atoms with Crippen LogP contribution in [-0.4, -0.2) is 49.1 Å². The minimum absolute atomic E-state index is 0.132. The predicted octanol–water partition coefficient (Wildman–Crippen LogP) is 0.316. The van der Waals surface area contributed by atoms with Crippen molar-refractivity contribution in [2.45, 2.75) is 26.3 Å². The zero-order chi connectivity index (χ0) is 12.7. The molecule has 0 radical (unpaired) electrons. The minimum atomic E-state index is -0.501. The number of hydrogen-bond acceptors (Lipinski definition) is 3. The Labute approximate surface area is 102 Å². The van der Waals surface area contributed by atoms with Crippen LogP contribution in [0.5, 0.6) is 0 Å². The molecule has 0 bridgehead atoms. The number of ether oxygens (including phenoxy) is 1. The van der Waals surface area contributed by atoms with Gasteiger partial charge in [-0.25, -0.2) is 0 Å². The van der Waals surface area contributed by atoms with Crippen LogP contribution in [-0.2, 0) is 14.3 Å². The summed E-state index contributed by atoms with van der Waals surface area (Å²) in [5.41, 5.74) is 0. The largest absolute Gasteiger partial charge is 0.377 e. The zero-order valence-electron chi connectivity index (χ0n) is 10.4. The molecule has 0 aromatic heterocycles. The molecule has 1 aliphatic heterocycles. The highest BCUT2D eigenvalue weighted by Gasteiger charge is 2.31. The lowest BCUT2D eigenvalue weighted by Gasteiger charge is -2.33. The van der Waals surface area contributed by atoms with Crippen LogP contribution >= 0.6 is 0 Å². The lowest BCUT2D eigenvalue weighted by atomic mass is 10.2. The molecule has 0 saturated carbocycles. The van der Waals surface area contributed by atoms with Gasteiger partial charge in [-0.05, 0) is 19.4 Å². The van der Waals surface area contributed by atoms with E-state index in [1.165, 1.54) is 6.08 Å². The van der Waals surface area contributed by atoms with E-state index in [1.54, 1.807) is 17.9 Å². The first-order chi connectivity index (χ1) is 8.20. The lowest BCUT2D eigenvalue weighted by Crippen LogP contribution is -2.55. The Bertz CT molecular complexity index is 302. The summed E-state index contributed by atoms with van der Waals surface area (Å²) in [4.78, 5) is 25.2. The van der Waals surface area contributed by atoms with Crippen LogP contribution in [0, 0.1) is 0 Å². The summed E-state index contributed by atoms with van der Waals surface area (Å²) in [5.74, 6) is -0.267. The van der Waals surface area contributed by atoms with Crippen molar-refractivity contribution in [2.24, 2.45) is 0 Å². The van der Waals surface area contributed by atoms with Crippen LogP contribution < -0.4 is 5.32 Å². The molecule has 1 unspecified atom stereocenters. The highest BCUT2D eigenvalue weighted by atomic mass is 16.5. The monoisotopic (exact) mass is 240 g/mol. The van der Waals surface area contributed by atoms with Gasteiger partial charge < -0.3 is 15.0 Å². The number of carbonyl (C=O) groups excluding carboxylic acids is 2. The van der Waals surface area contributed by atoms with Gasteiger partial charge in [0.25, 0.3) is 0 Å². The molecule has 1 fully saturated rings. The van der Waals surface area contributed by atoms with Crippen LogP contribution in [0.1, 0.15) is 20.3 Å². The molecule has 1 heterocycles. The number of hydrogen-bond donors (Lipinski definition) is 1. The molecule has 17 heavy (non-hydrogen) atoms. The second-order valence-corrected chi connectivity index (χ2v) is 3.91. The van der Waals surface area contributed by atoms with Gasteiger partial charge in [-0.15, -0.1) is 0 Å². The summed E-state index contributed by atoms with van der Waals surface area (Å²) >= 11 is 0. The van der Waals surface area contributed by atoms with Crippen molar-refractivity contribution in [1.82, 2.24) is 10.2 Å². The Kier molecular flexibility index (Phi) is 5.69. The highest BCUT2D eigenvalue weighted by molar-refractivity contribution is 5.93. The van der Waals surface area contributed by atoms with Gasteiger partial charge in [0.15, 0.2) is 0 Å². The molecule has 1 atom stereocenters. The normalized spacial score (nSPS) is 20.6. The Morgan fingerprint density at radius 1 is 1.53 bits per heavy atom. The van der Waals surface area contributed by atoms with Crippen LogP contribution in [0.3, 0.4) is 0 Å². The molecule has 0 aromatic carbocycles. The van der Waals surface area contributed by atoms with E-state index < -0.39 is 6.04 Å². The smallest absolute Gasteiger partial charge is 0.247 e. The van der Waals surface area contributed by atoms with E-state index in [-0.39, 0.29) is 18.4 Å². The van der Waals surface area contributed by atoms with Gasteiger partial charge in [-0.3, -0.25) is 9.59 Å². The number of allylic oxidation sites excluding steroid dienone is 1. The Balaban J connectivity index is 2.65. The van der Waals surface area contributed by atoms with Crippen molar-refractivity contribution in [2.75, 3.05) is 26.3 Å². The number of amides is 2. The highest BCUT2D eigenvalue weighted by Crippen LogP contribution is 2.08. The lowest BCUT2D eigenvalue weighted by molar-refractivity contribution is -0.145. The molecule has 1 saturated heterocycles. The number of morpholine rings is 1. The van der Waals surface area contributed by atoms with E-state index in [0.717, 1.165) is 6.42 Å². The Morgan fingerprint density at radius 3 is 2.94 bits per heavy atom. The third kappa shape index (κ3) is 3.85. The standard InChI is InChI=1S/C12H20N2O3/c1-3-5-11(15)14-7-8-17-9-10(14)12(16)13-6-4-2/h3,5,10H,4,6-9H2,1-2H3,(H,13,16)/b5-3+. The van der Waals surface area contributed by atoms with E-state index in [4.69, 9.17) is 4.74 Å². The van der Waals surface area contributed by atoms with Gasteiger partial charge in [0.2, 0.25) is 11.8 Å². The molecular formula is C12H20N2O3. The quantitative estimate of drug-likeness (QED) is 0.720. The molecule has 1 aliphatic rings. The molecular weight excluding hydrogens is 220 g/mol. The molecule has 1 N–H and O–H groups in total. The first kappa shape index (κ1) is 13.7. The third-order valence-electron chi connectivity index (χ3n) is 2.57. The maximum absolute atomic E-state index is 11.9. The average Bonchev–Trinajstić information content (AvgIpc) is 2.36. The van der Waals surface area contributed by atoms with Gasteiger partial charge in [-0.2, -0.15) is 0 Å². The first-order valence-electron chi connectivity index (χ1n) is 5.99. The third-order valence-corrected chi connectivity index (χ3v) is 2.57. The fourth-order valence-electron chi connectivity index (χ4n) is 1.69. The van der Waals surface area contributed by atoms with Crippen LogP contribution in [0.4, 0.5) is 0 Å². The maximum atomic E-state index is 11.9. The summed E-state index contributed by atoms with van der Waals surface area (Å²) in [6.07, 6.45) is 4.03. The first-order valence-corrected chi connectivity index (χ1v) is 5.99. The molecule has 0 spiro atoms. The van der Waals surface area contributed by atoms with Gasteiger partial charge in [0, 0.05) is 13.1 Å². The van der Waals surface area contributed by atoms with Crippen LogP contribution in [0.2, 0.25) is 0 Å². The number of nitrogens with zero attached hydrogens (tertiary/aromatic N) is 1. The number of carbonyl (C=O) groups is 2. The van der Waals surface area contributed by atoms with Crippen molar-refractivity contribution < 1.29 is 14.3 Å². The van der Waals surface area contributed by atoms with Gasteiger partial charge in [0.1, 0.15) is 6.04 Å². The number of nitrogens with one attached hydrogen (secondary N) is 1. The molecule has 1 rings (SSSR count). The van der Waals surface area contributed by atoms with Crippen molar-refractivity contribution >= 4 is 11.8 Å². The van der Waals surface area contributed by atoms with Crippen LogP contribution in [0.25, 0.3) is 0 Å². The van der Waals surface area contributed by atoms with Crippen molar-refractivity contribution in [1.29, 1.82) is 0 Å². The van der Waals surface area contributed by atoms with Gasteiger partial charge >= 0.3 is 0 Å². The summed E-state index contributed by atoms with van der Waals surface area (Å²) in [5, 5.41) is 2.79. The van der Waals surface area contributed by atoms with E-state index in [2.05, 4.69) is 5.32 Å². The molecule has 0 aromatic rings. The molecule has 5 nitrogen and oxygen atoms in total. The summed E-state index contributed by atoms with van der Waals surface area (Å²) in [6, 6.07) is -0.501. The SMILES string of the molecule is C/C=C/C(=O)N1CCOCC1C(=O)NCCC. The minimum Gasteiger partial charge on any atom is -0.377 e. The van der Waals surface area contributed by atoms with Gasteiger partial charge in [0.05, 0.1) is 13.2 Å². The average molecular weight is 240 g/mol. The number of rotatable bonds is 4. The Hall–Kier alpha value is -1.36. The molecule has 96 valence electrons. The molecule has 5 heteroatoms. The van der Waals surface area contributed by atoms with E-state index in [9.17, 15) is 9.59 Å². The maximum Gasteiger partial charge on any atom is 0.247 e. The van der Waals surface area contributed by atoms with Crippen LogP contribution in [0.15, 0.2) is 12.2 Å². The van der Waals surface area contributed by atoms with E-state index in [1.807, 2.05) is 6.92 Å². The van der Waals surface area contributed by atoms with Gasteiger partial charge in [-0.1, -0.05) is 13.0 Å². The summed E-state index contributed by atoms with van der Waals surface area (Å²) in [7, 11) is 0. The van der Waals surface area contributed by atoms with Crippen molar-refractivity contribution in [3.8, 4) is 0 Å². The fraction of sp³-hybridized carbons (Fsp3) is 0.667.